The van der Waals surface area contributed by atoms with Crippen LogP contribution in [0.2, 0.25) is 0 Å². The summed E-state index contributed by atoms with van der Waals surface area (Å²) in [5.74, 6) is 1.10. The van der Waals surface area contributed by atoms with Crippen LogP contribution in [0.25, 0.3) is 27.9 Å². The second kappa shape index (κ2) is 4.28. The molecule has 2 heterocycles. The van der Waals surface area contributed by atoms with E-state index in [2.05, 4.69) is 29.3 Å². The highest BCUT2D eigenvalue weighted by Crippen LogP contribution is 2.26. The predicted molar refractivity (Wildman–Crippen MR) is 82.9 cm³/mol. The zero-order valence-electron chi connectivity index (χ0n) is 11.5. The summed E-state index contributed by atoms with van der Waals surface area (Å²) in [6.07, 6.45) is 0. The van der Waals surface area contributed by atoms with Gasteiger partial charge in [0.15, 0.2) is 5.65 Å². The van der Waals surface area contributed by atoms with E-state index in [0.29, 0.717) is 5.95 Å². The van der Waals surface area contributed by atoms with Gasteiger partial charge in [0.2, 0.25) is 5.95 Å². The lowest BCUT2D eigenvalue weighted by molar-refractivity contribution is 1.11. The molecule has 0 unspecified atom stereocenters. The maximum atomic E-state index is 5.98. The quantitative estimate of drug-likeness (QED) is 0.580. The number of hydrogen-bond donors (Lipinski definition) is 1. The van der Waals surface area contributed by atoms with Crippen LogP contribution in [0.3, 0.4) is 0 Å². The Bertz CT molecular complexity index is 954. The molecule has 21 heavy (non-hydrogen) atoms. The lowest BCUT2D eigenvalue weighted by atomic mass is 10.1. The number of aryl methyl sites for hydroxylation is 1. The molecule has 4 rings (SSSR count). The van der Waals surface area contributed by atoms with Gasteiger partial charge in [-0.15, -0.1) is 10.2 Å². The van der Waals surface area contributed by atoms with E-state index in [0.717, 1.165) is 27.9 Å². The summed E-state index contributed by atoms with van der Waals surface area (Å²) in [6.45, 7) is 2.06. The highest BCUT2D eigenvalue weighted by Gasteiger charge is 2.14. The first kappa shape index (κ1) is 11.8. The molecule has 2 N–H and O–H groups in total. The molecule has 5 nitrogen and oxygen atoms in total. The molecule has 0 fully saturated rings. The Hall–Kier alpha value is -2.95. The first-order valence-electron chi connectivity index (χ1n) is 6.70. The largest absolute Gasteiger partial charge is 0.368 e. The van der Waals surface area contributed by atoms with E-state index in [4.69, 9.17) is 10.7 Å². The van der Waals surface area contributed by atoms with Crippen LogP contribution in [0, 0.1) is 6.92 Å². The van der Waals surface area contributed by atoms with Crippen molar-refractivity contribution in [1.82, 2.24) is 19.6 Å². The number of aromatic nitrogens is 4. The lowest BCUT2D eigenvalue weighted by Crippen LogP contribution is -2.01. The number of nitrogens with zero attached hydrogens (tertiary/aromatic N) is 4. The van der Waals surface area contributed by atoms with E-state index in [9.17, 15) is 0 Å². The van der Waals surface area contributed by atoms with Crippen LogP contribution in [0.15, 0.2) is 48.5 Å². The zero-order chi connectivity index (χ0) is 14.4. The Morgan fingerprint density at radius 3 is 2.52 bits per heavy atom. The van der Waals surface area contributed by atoms with Crippen LogP contribution < -0.4 is 5.73 Å². The van der Waals surface area contributed by atoms with E-state index in [1.165, 1.54) is 5.56 Å². The third-order valence-electron chi connectivity index (χ3n) is 3.58. The Morgan fingerprint density at radius 1 is 0.952 bits per heavy atom. The fraction of sp³-hybridized carbons (Fsp3) is 0.0625. The Labute approximate surface area is 121 Å². The van der Waals surface area contributed by atoms with Crippen LogP contribution in [-0.4, -0.2) is 19.6 Å². The topological polar surface area (TPSA) is 69.1 Å². The highest BCUT2D eigenvalue weighted by atomic mass is 15.3. The maximum absolute atomic E-state index is 5.98. The minimum absolute atomic E-state index is 0.346. The molecular formula is C16H13N5. The van der Waals surface area contributed by atoms with Crippen molar-refractivity contribution in [3.8, 4) is 11.4 Å². The van der Waals surface area contributed by atoms with Crippen LogP contribution in [0.1, 0.15) is 5.56 Å². The molecule has 2 aromatic heterocycles. The van der Waals surface area contributed by atoms with Gasteiger partial charge < -0.3 is 5.73 Å². The van der Waals surface area contributed by atoms with Gasteiger partial charge in [0, 0.05) is 10.9 Å². The van der Waals surface area contributed by atoms with E-state index in [1.54, 1.807) is 4.40 Å². The van der Waals surface area contributed by atoms with Gasteiger partial charge in [-0.25, -0.2) is 9.38 Å². The second-order valence-electron chi connectivity index (χ2n) is 5.04. The molecule has 0 spiro atoms. The molecule has 0 amide bonds. The predicted octanol–water partition coefficient (Wildman–Crippen LogP) is 2.84. The van der Waals surface area contributed by atoms with Gasteiger partial charge >= 0.3 is 0 Å². The van der Waals surface area contributed by atoms with Gasteiger partial charge in [-0.2, -0.15) is 0 Å². The molecule has 0 aliphatic rings. The van der Waals surface area contributed by atoms with E-state index in [1.807, 2.05) is 36.4 Å². The summed E-state index contributed by atoms with van der Waals surface area (Å²) in [6, 6.07) is 16.0. The Balaban J connectivity index is 2.15. The molecule has 0 saturated carbocycles. The number of anilines is 1. The van der Waals surface area contributed by atoms with Gasteiger partial charge in [0.1, 0.15) is 5.82 Å². The Kier molecular flexibility index (Phi) is 2.41. The van der Waals surface area contributed by atoms with Gasteiger partial charge in [-0.1, -0.05) is 42.0 Å². The smallest absolute Gasteiger partial charge is 0.228 e. The third kappa shape index (κ3) is 1.74. The molecule has 4 aromatic rings. The van der Waals surface area contributed by atoms with Crippen LogP contribution >= 0.6 is 0 Å². The molecule has 0 saturated heterocycles. The van der Waals surface area contributed by atoms with Gasteiger partial charge in [0.05, 0.1) is 5.52 Å². The number of fused-ring (bicyclic) bond motifs is 3. The van der Waals surface area contributed by atoms with Crippen LogP contribution in [0.4, 0.5) is 5.95 Å². The SMILES string of the molecule is Cc1ccc(-c2nc3ccccc3c3nnc(N)n23)cc1. The van der Waals surface area contributed by atoms with Crippen molar-refractivity contribution in [3.63, 3.8) is 0 Å². The summed E-state index contributed by atoms with van der Waals surface area (Å²) >= 11 is 0. The van der Waals surface area contributed by atoms with Crippen molar-refractivity contribution in [3.05, 3.63) is 54.1 Å². The number of rotatable bonds is 1. The van der Waals surface area contributed by atoms with Crippen molar-refractivity contribution >= 4 is 22.5 Å². The average Bonchev–Trinajstić information content (AvgIpc) is 2.90. The molecule has 102 valence electrons. The number of para-hydroxylation sites is 1. The summed E-state index contributed by atoms with van der Waals surface area (Å²) in [5, 5.41) is 9.14. The van der Waals surface area contributed by atoms with Crippen molar-refractivity contribution in [2.75, 3.05) is 5.73 Å². The minimum Gasteiger partial charge on any atom is -0.368 e. The van der Waals surface area contributed by atoms with Crippen molar-refractivity contribution in [2.45, 2.75) is 6.92 Å². The summed E-state index contributed by atoms with van der Waals surface area (Å²) in [5.41, 5.74) is 9.79. The summed E-state index contributed by atoms with van der Waals surface area (Å²) < 4.78 is 1.80. The fourth-order valence-electron chi connectivity index (χ4n) is 2.50. The molecule has 0 bridgehead atoms. The average molecular weight is 275 g/mol. The molecule has 2 aromatic carbocycles. The highest BCUT2D eigenvalue weighted by molar-refractivity contribution is 5.93. The third-order valence-corrected chi connectivity index (χ3v) is 3.58. The zero-order valence-corrected chi connectivity index (χ0v) is 11.5. The van der Waals surface area contributed by atoms with Crippen LogP contribution in [-0.2, 0) is 0 Å². The monoisotopic (exact) mass is 275 g/mol. The van der Waals surface area contributed by atoms with E-state index in [-0.39, 0.29) is 0 Å². The second-order valence-corrected chi connectivity index (χ2v) is 5.04. The van der Waals surface area contributed by atoms with Gasteiger partial charge in [0.25, 0.3) is 0 Å². The lowest BCUT2D eigenvalue weighted by Gasteiger charge is -2.08. The molecule has 0 radical (unpaired) electrons. The molecular weight excluding hydrogens is 262 g/mol. The van der Waals surface area contributed by atoms with Crippen molar-refractivity contribution in [1.29, 1.82) is 0 Å². The number of benzene rings is 2. The van der Waals surface area contributed by atoms with Crippen LogP contribution in [0.5, 0.6) is 0 Å². The molecule has 0 aliphatic heterocycles. The van der Waals surface area contributed by atoms with Crippen molar-refractivity contribution in [2.24, 2.45) is 0 Å². The number of nitrogens with two attached hydrogens (primary N) is 1. The normalized spacial score (nSPS) is 11.3. The maximum Gasteiger partial charge on any atom is 0.228 e. The standard InChI is InChI=1S/C16H13N5/c1-10-6-8-11(9-7-10)14-18-13-5-3-2-4-12(13)15-19-20-16(17)21(14)15/h2-9H,1H3,(H2,17,20). The first-order valence-corrected chi connectivity index (χ1v) is 6.70. The molecule has 0 aliphatic carbocycles. The van der Waals surface area contributed by atoms with Crippen molar-refractivity contribution < 1.29 is 0 Å². The summed E-state index contributed by atoms with van der Waals surface area (Å²) in [7, 11) is 0. The van der Waals surface area contributed by atoms with E-state index >= 15 is 0 Å². The Morgan fingerprint density at radius 2 is 1.71 bits per heavy atom. The van der Waals surface area contributed by atoms with Gasteiger partial charge in [-0.05, 0) is 19.1 Å². The molecule has 5 heteroatoms. The molecule has 0 atom stereocenters. The minimum atomic E-state index is 0.346. The number of hydrogen-bond acceptors (Lipinski definition) is 4. The first-order chi connectivity index (χ1) is 10.2. The van der Waals surface area contributed by atoms with Gasteiger partial charge in [-0.3, -0.25) is 0 Å². The number of nitrogen functional groups attached to an aromatic ring is 1. The summed E-state index contributed by atoms with van der Waals surface area (Å²) in [4.78, 5) is 4.74. The fourth-order valence-corrected chi connectivity index (χ4v) is 2.50. The van der Waals surface area contributed by atoms with E-state index < -0.39 is 0 Å².